The van der Waals surface area contributed by atoms with Gasteiger partial charge in [0.25, 0.3) is 0 Å². The van der Waals surface area contributed by atoms with E-state index in [9.17, 15) is 0 Å². The van der Waals surface area contributed by atoms with Gasteiger partial charge in [0.2, 0.25) is 0 Å². The molecule has 0 spiro atoms. The molecule has 0 atom stereocenters. The molecule has 1 aromatic heterocycles. The molecule has 0 bridgehead atoms. The monoisotopic (exact) mass is 183 g/mol. The largest absolute Gasteiger partial charge is 0.472 e. The van der Waals surface area contributed by atoms with Crippen molar-refractivity contribution in [2.75, 3.05) is 7.05 Å². The molecule has 5 heteroatoms. The molecule has 0 aromatic carbocycles. The van der Waals surface area contributed by atoms with E-state index in [1.54, 1.807) is 31.9 Å². The smallest absolute Gasteiger partial charge is 0.186 e. The van der Waals surface area contributed by atoms with E-state index in [0.29, 0.717) is 5.11 Å². The molecule has 0 aliphatic rings. The number of furan rings is 1. The molecule has 0 saturated heterocycles. The third kappa shape index (κ3) is 2.71. The van der Waals surface area contributed by atoms with E-state index in [0.717, 1.165) is 5.56 Å². The topological polar surface area (TPSA) is 49.6 Å². The summed E-state index contributed by atoms with van der Waals surface area (Å²) >= 11 is 4.79. The van der Waals surface area contributed by atoms with Crippen molar-refractivity contribution in [3.05, 3.63) is 24.2 Å². The SMILES string of the molecule is CNC(=S)NN=Cc1ccoc1. The zero-order chi connectivity index (χ0) is 8.81. The summed E-state index contributed by atoms with van der Waals surface area (Å²) in [7, 11) is 1.72. The fourth-order valence-corrected chi connectivity index (χ4v) is 0.622. The van der Waals surface area contributed by atoms with Crippen molar-refractivity contribution < 1.29 is 4.42 Å². The van der Waals surface area contributed by atoms with Gasteiger partial charge in [-0.1, -0.05) is 0 Å². The predicted molar refractivity (Wildman–Crippen MR) is 51.1 cm³/mol. The Morgan fingerprint density at radius 2 is 2.58 bits per heavy atom. The summed E-state index contributed by atoms with van der Waals surface area (Å²) in [6.07, 6.45) is 4.79. The van der Waals surface area contributed by atoms with Crippen LogP contribution in [0.15, 0.2) is 28.1 Å². The maximum Gasteiger partial charge on any atom is 0.186 e. The molecule has 4 nitrogen and oxygen atoms in total. The summed E-state index contributed by atoms with van der Waals surface area (Å²) in [5, 5.41) is 7.06. The predicted octanol–water partition coefficient (Wildman–Crippen LogP) is 0.707. The summed E-state index contributed by atoms with van der Waals surface area (Å²) in [5.74, 6) is 0. The van der Waals surface area contributed by atoms with E-state index in [1.807, 2.05) is 0 Å². The normalized spacial score (nSPS) is 10.1. The molecule has 0 aliphatic heterocycles. The first-order valence-electron chi connectivity index (χ1n) is 3.36. The van der Waals surface area contributed by atoms with Crippen LogP contribution in [0.2, 0.25) is 0 Å². The van der Waals surface area contributed by atoms with Gasteiger partial charge in [0, 0.05) is 12.6 Å². The first kappa shape index (κ1) is 8.73. The Morgan fingerprint density at radius 3 is 3.17 bits per heavy atom. The van der Waals surface area contributed by atoms with Crippen molar-refractivity contribution in [2.24, 2.45) is 5.10 Å². The van der Waals surface area contributed by atoms with Gasteiger partial charge in [-0.2, -0.15) is 5.10 Å². The molecule has 0 radical (unpaired) electrons. The van der Waals surface area contributed by atoms with Crippen LogP contribution in [0.5, 0.6) is 0 Å². The van der Waals surface area contributed by atoms with Crippen LogP contribution in [-0.2, 0) is 0 Å². The van der Waals surface area contributed by atoms with E-state index in [1.165, 1.54) is 0 Å². The Balaban J connectivity index is 2.37. The van der Waals surface area contributed by atoms with E-state index in [2.05, 4.69) is 15.8 Å². The lowest BCUT2D eigenvalue weighted by Crippen LogP contribution is -2.28. The molecule has 2 N–H and O–H groups in total. The summed E-state index contributed by atoms with van der Waals surface area (Å²) in [6, 6.07) is 1.80. The quantitative estimate of drug-likeness (QED) is 0.403. The van der Waals surface area contributed by atoms with Crippen molar-refractivity contribution in [1.82, 2.24) is 10.7 Å². The van der Waals surface area contributed by atoms with Crippen LogP contribution in [0.4, 0.5) is 0 Å². The van der Waals surface area contributed by atoms with Crippen molar-refractivity contribution >= 4 is 23.5 Å². The molecule has 1 rings (SSSR count). The number of nitrogens with one attached hydrogen (secondary N) is 2. The number of hydrogen-bond donors (Lipinski definition) is 2. The zero-order valence-corrected chi connectivity index (χ0v) is 7.39. The Kier molecular flexibility index (Phi) is 3.28. The second-order valence-corrected chi connectivity index (χ2v) is 2.41. The highest BCUT2D eigenvalue weighted by Gasteiger charge is 1.87. The fourth-order valence-electron chi connectivity index (χ4n) is 0.570. The Labute approximate surface area is 75.6 Å². The van der Waals surface area contributed by atoms with Gasteiger partial charge in [-0.25, -0.2) is 0 Å². The van der Waals surface area contributed by atoms with Crippen LogP contribution >= 0.6 is 12.2 Å². The van der Waals surface area contributed by atoms with Gasteiger partial charge in [0.1, 0.15) is 0 Å². The van der Waals surface area contributed by atoms with E-state index < -0.39 is 0 Å². The van der Waals surface area contributed by atoms with E-state index in [-0.39, 0.29) is 0 Å². The van der Waals surface area contributed by atoms with Crippen LogP contribution in [0, 0.1) is 0 Å². The molecule has 12 heavy (non-hydrogen) atoms. The summed E-state index contributed by atoms with van der Waals surface area (Å²) in [6.45, 7) is 0. The minimum Gasteiger partial charge on any atom is -0.472 e. The Morgan fingerprint density at radius 1 is 1.75 bits per heavy atom. The van der Waals surface area contributed by atoms with Crippen molar-refractivity contribution in [1.29, 1.82) is 0 Å². The second-order valence-electron chi connectivity index (χ2n) is 2.01. The molecule has 0 aliphatic carbocycles. The van der Waals surface area contributed by atoms with Crippen molar-refractivity contribution in [3.8, 4) is 0 Å². The van der Waals surface area contributed by atoms with Gasteiger partial charge < -0.3 is 9.73 Å². The standard InChI is InChI=1S/C7H9N3OS/c1-8-7(12)10-9-4-6-2-3-11-5-6/h2-5H,1H3,(H2,8,10,12). The molecule has 64 valence electrons. The molecule has 0 saturated carbocycles. The third-order valence-corrected chi connectivity index (χ3v) is 1.45. The van der Waals surface area contributed by atoms with Crippen LogP contribution in [0.1, 0.15) is 5.56 Å². The molecule has 0 amide bonds. The van der Waals surface area contributed by atoms with Crippen molar-refractivity contribution in [2.45, 2.75) is 0 Å². The average molecular weight is 183 g/mol. The minimum atomic E-state index is 0.481. The third-order valence-electron chi connectivity index (χ3n) is 1.15. The van der Waals surface area contributed by atoms with Crippen LogP contribution in [-0.4, -0.2) is 18.4 Å². The van der Waals surface area contributed by atoms with Gasteiger partial charge in [0.05, 0.1) is 18.7 Å². The first-order valence-corrected chi connectivity index (χ1v) is 3.76. The van der Waals surface area contributed by atoms with Gasteiger partial charge in [0.15, 0.2) is 5.11 Å². The Bertz CT molecular complexity index is 268. The lowest BCUT2D eigenvalue weighted by atomic mass is 10.4. The van der Waals surface area contributed by atoms with Crippen LogP contribution < -0.4 is 10.7 Å². The summed E-state index contributed by atoms with van der Waals surface area (Å²) in [5.41, 5.74) is 3.51. The lowest BCUT2D eigenvalue weighted by Gasteiger charge is -1.97. The van der Waals surface area contributed by atoms with Gasteiger partial charge in [-0.05, 0) is 18.3 Å². The van der Waals surface area contributed by atoms with Crippen molar-refractivity contribution in [3.63, 3.8) is 0 Å². The Hall–Kier alpha value is -1.36. The van der Waals surface area contributed by atoms with Gasteiger partial charge in [-0.3, -0.25) is 5.43 Å². The molecule has 0 unspecified atom stereocenters. The van der Waals surface area contributed by atoms with E-state index in [4.69, 9.17) is 16.6 Å². The van der Waals surface area contributed by atoms with Crippen LogP contribution in [0.25, 0.3) is 0 Å². The maximum absolute atomic E-state index is 4.83. The summed E-state index contributed by atoms with van der Waals surface area (Å²) < 4.78 is 4.83. The molecule has 1 aromatic rings. The summed E-state index contributed by atoms with van der Waals surface area (Å²) in [4.78, 5) is 0. The zero-order valence-electron chi connectivity index (χ0n) is 6.57. The number of hydrazone groups is 1. The highest BCUT2D eigenvalue weighted by molar-refractivity contribution is 7.80. The minimum absolute atomic E-state index is 0.481. The lowest BCUT2D eigenvalue weighted by molar-refractivity contribution is 0.567. The highest BCUT2D eigenvalue weighted by Crippen LogP contribution is 1.94. The highest BCUT2D eigenvalue weighted by atomic mass is 32.1. The fraction of sp³-hybridized carbons (Fsp3) is 0.143. The number of hydrogen-bond acceptors (Lipinski definition) is 3. The molecular formula is C7H9N3OS. The van der Waals surface area contributed by atoms with Gasteiger partial charge in [-0.15, -0.1) is 0 Å². The number of rotatable bonds is 2. The average Bonchev–Trinajstić information content (AvgIpc) is 2.57. The van der Waals surface area contributed by atoms with E-state index >= 15 is 0 Å². The first-order chi connectivity index (χ1) is 5.83. The maximum atomic E-state index is 4.83. The number of nitrogens with zero attached hydrogens (tertiary/aromatic N) is 1. The molecule has 1 heterocycles. The van der Waals surface area contributed by atoms with Gasteiger partial charge >= 0.3 is 0 Å². The second kappa shape index (κ2) is 4.50. The molecular weight excluding hydrogens is 174 g/mol. The number of thiocarbonyl (C=S) groups is 1. The molecule has 0 fully saturated rings. The van der Waals surface area contributed by atoms with Crippen LogP contribution in [0.3, 0.4) is 0 Å².